The number of methoxy groups -OCH3 is 1. The highest BCUT2D eigenvalue weighted by molar-refractivity contribution is 7.81. The van der Waals surface area contributed by atoms with Crippen molar-refractivity contribution in [3.63, 3.8) is 0 Å². The van der Waals surface area contributed by atoms with Crippen LogP contribution in [0.25, 0.3) is 0 Å². The Morgan fingerprint density at radius 2 is 1.36 bits per heavy atom. The van der Waals surface area contributed by atoms with Gasteiger partial charge in [-0.15, -0.1) is 6.58 Å². The zero-order valence-electron chi connectivity index (χ0n) is 48.2. The molecule has 5 saturated heterocycles. The minimum absolute atomic E-state index is 0.0507. The van der Waals surface area contributed by atoms with Gasteiger partial charge in [0, 0.05) is 13.5 Å². The summed E-state index contributed by atoms with van der Waals surface area (Å²) in [5.41, 5.74) is -1.53. The molecule has 5 heterocycles. The van der Waals surface area contributed by atoms with E-state index in [4.69, 9.17) is 51.6 Å². The van der Waals surface area contributed by atoms with Gasteiger partial charge in [-0.1, -0.05) is 44.9 Å². The number of esters is 1. The largest absolute Gasteiger partial charge is 0.458 e. The summed E-state index contributed by atoms with van der Waals surface area (Å²) in [5.74, 6) is -0.991. The minimum Gasteiger partial charge on any atom is -0.458 e. The lowest BCUT2D eigenvalue weighted by atomic mass is 9.41. The number of aliphatic hydroxyl groups is 8. The summed E-state index contributed by atoms with van der Waals surface area (Å²) in [5, 5.41) is 89.5. The third-order valence-corrected chi connectivity index (χ3v) is 21.2. The van der Waals surface area contributed by atoms with Gasteiger partial charge < -0.3 is 88.2 Å². The van der Waals surface area contributed by atoms with Crippen molar-refractivity contribution >= 4 is 32.6 Å². The standard InChI is InChI=1S/C54H84O28S2/c1-23(2)11-10-16-53(8)44-27(56)19-52(7)26-12-13-31-50(4,5)32(15-17-51(31,6)25(26)14-18-54(44,52)49(64)81-53)77-48-43(35(59)30(21-72-48)82-84(68,69)70)80-45-37(61)36(60)40(24(3)74-45)78-47-39(63)42(34(58)29(76-47)22-73-83(65,66)67)79-46-38(62)41(71-9)33(57)28(20-55)75-46/h14,24,26,28-48,55,57-63H,1,10-13,15-22H2,2-9H3,(H,65,66,67)(H,68,69,70)/t24-,26-,28-,29-,30-,31-,32+,33-,34-,35+,36-,37-,38-,39-,40-,41+,42+,43-,44-,45+,46+,47+,48+,51-,52+,53+,54-/m1/s1. The van der Waals surface area contributed by atoms with Gasteiger partial charge in [0.25, 0.3) is 0 Å². The molecule has 5 aliphatic heterocycles. The molecule has 4 aliphatic carbocycles. The number of fused-ring (bicyclic) bond motifs is 4. The van der Waals surface area contributed by atoms with Gasteiger partial charge in [-0.2, -0.15) is 16.8 Å². The van der Waals surface area contributed by atoms with Gasteiger partial charge in [-0.25, -0.2) is 8.37 Å². The molecule has 0 bridgehead atoms. The van der Waals surface area contributed by atoms with Gasteiger partial charge in [0.2, 0.25) is 0 Å². The molecule has 0 amide bonds. The first-order valence-electron chi connectivity index (χ1n) is 28.6. The zero-order valence-corrected chi connectivity index (χ0v) is 49.8. The van der Waals surface area contributed by atoms with Crippen LogP contribution in [0.1, 0.15) is 106 Å². The van der Waals surface area contributed by atoms with Crippen molar-refractivity contribution in [1.29, 1.82) is 0 Å². The van der Waals surface area contributed by atoms with E-state index in [0.717, 1.165) is 25.5 Å². The van der Waals surface area contributed by atoms with E-state index in [2.05, 4.69) is 30.7 Å². The molecule has 10 N–H and O–H groups in total. The average molecular weight is 1250 g/mol. The highest BCUT2D eigenvalue weighted by Gasteiger charge is 2.79. The Morgan fingerprint density at radius 3 is 1.99 bits per heavy atom. The Bertz CT molecular complexity index is 2690. The third-order valence-electron chi connectivity index (χ3n) is 20.3. The molecule has 9 aliphatic rings. The van der Waals surface area contributed by atoms with Crippen molar-refractivity contribution < 1.29 is 132 Å². The predicted octanol–water partition coefficient (Wildman–Crippen LogP) is -0.555. The third kappa shape index (κ3) is 11.8. The van der Waals surface area contributed by atoms with E-state index in [1.54, 1.807) is 0 Å². The lowest BCUT2D eigenvalue weighted by Gasteiger charge is -2.63. The topological polar surface area (TPSA) is 415 Å². The zero-order chi connectivity index (χ0) is 61.8. The second kappa shape index (κ2) is 24.1. The number of ether oxygens (including phenoxy) is 10. The number of Topliss-reactive ketones (excluding diaryl/α,β-unsaturated/α-hetero) is 1. The quantitative estimate of drug-likeness (QED) is 0.0335. The van der Waals surface area contributed by atoms with E-state index in [0.29, 0.717) is 38.5 Å². The number of cyclic esters (lactones) is 1. The number of carbonyl (C=O) groups excluding carboxylic acids is 2. The summed E-state index contributed by atoms with van der Waals surface area (Å²) < 4.78 is 135. The summed E-state index contributed by atoms with van der Waals surface area (Å²) in [6.07, 6.45) is -27.9. The number of hydrogen-bond donors (Lipinski definition) is 10. The smallest absolute Gasteiger partial charge is 0.397 e. The molecule has 9 rings (SSSR count). The molecular formula is C54H84O28S2. The molecule has 84 heavy (non-hydrogen) atoms. The molecule has 0 radical (unpaired) electrons. The van der Waals surface area contributed by atoms with Crippen LogP contribution >= 0.6 is 0 Å². The second-order valence-electron chi connectivity index (χ2n) is 25.8. The van der Waals surface area contributed by atoms with Crippen LogP contribution in [0.2, 0.25) is 0 Å². The Balaban J connectivity index is 0.915. The fourth-order valence-corrected chi connectivity index (χ4v) is 17.0. The molecular weight excluding hydrogens is 1160 g/mol. The number of aliphatic hydroxyl groups excluding tert-OH is 8. The van der Waals surface area contributed by atoms with E-state index >= 15 is 0 Å². The molecule has 28 nitrogen and oxygen atoms in total. The maximum absolute atomic E-state index is 14.4. The summed E-state index contributed by atoms with van der Waals surface area (Å²) >= 11 is 0. The minimum atomic E-state index is -5.22. The Morgan fingerprint density at radius 1 is 0.738 bits per heavy atom. The SMILES string of the molecule is C=C(C)CCC[C@]1(C)OC(=O)[C@]23CC=C4[C@@H](CC[C@@H]5C(C)(C)[C@@H](O[C@@H]6OC[C@@H](OS(=O)(=O)O)[C@H](O)[C@H]6O[C@@H]6O[C@H](C)[C@@H](O[C@@H]7O[C@H](COS(=O)(=O)O)[C@@H](O)[C@H](O[C@@H]8O[C@H](CO)[C@@H](O)[C@H](OC)[C@H]8O)[C@H]7O)[C@H](O)[C@H]6O)CC[C@]45C)[C@]2(C)CC(=O)[C@@H]31. The predicted molar refractivity (Wildman–Crippen MR) is 282 cm³/mol. The van der Waals surface area contributed by atoms with E-state index in [1.165, 1.54) is 12.5 Å². The lowest BCUT2D eigenvalue weighted by molar-refractivity contribution is -0.389. The van der Waals surface area contributed by atoms with Crippen LogP contribution in [-0.2, 0) is 86.1 Å². The first-order valence-corrected chi connectivity index (χ1v) is 31.3. The van der Waals surface area contributed by atoms with Crippen molar-refractivity contribution in [2.24, 2.45) is 39.4 Å². The summed E-state index contributed by atoms with van der Waals surface area (Å²) in [6.45, 7) is 15.0. The van der Waals surface area contributed by atoms with Crippen molar-refractivity contribution in [1.82, 2.24) is 0 Å². The van der Waals surface area contributed by atoms with E-state index < -0.39 is 197 Å². The van der Waals surface area contributed by atoms with Crippen LogP contribution in [0, 0.1) is 39.4 Å². The normalized spacial score (nSPS) is 48.5. The molecule has 0 aromatic heterocycles. The molecule has 8 fully saturated rings. The maximum atomic E-state index is 14.4. The molecule has 30 heteroatoms. The number of rotatable bonds is 19. The second-order valence-corrected chi connectivity index (χ2v) is 28.0. The van der Waals surface area contributed by atoms with Crippen molar-refractivity contribution in [3.8, 4) is 0 Å². The molecule has 27 atom stereocenters. The van der Waals surface area contributed by atoms with Crippen molar-refractivity contribution in [3.05, 3.63) is 23.8 Å². The van der Waals surface area contributed by atoms with Crippen molar-refractivity contribution in [2.45, 2.75) is 235 Å². The van der Waals surface area contributed by atoms with E-state index in [-0.39, 0.29) is 30.0 Å². The highest BCUT2D eigenvalue weighted by atomic mass is 32.3. The number of allylic oxidation sites excluding steroid dienone is 3. The molecule has 0 aromatic rings. The maximum Gasteiger partial charge on any atom is 0.397 e. The number of ketones is 1. The Labute approximate surface area is 487 Å². The van der Waals surface area contributed by atoms with Gasteiger partial charge in [0.15, 0.2) is 25.2 Å². The van der Waals surface area contributed by atoms with Crippen LogP contribution in [0.5, 0.6) is 0 Å². The first-order chi connectivity index (χ1) is 39.1. The van der Waals surface area contributed by atoms with Gasteiger partial charge >= 0.3 is 26.8 Å². The van der Waals surface area contributed by atoms with Gasteiger partial charge in [-0.05, 0) is 100 Å². The fraction of sp³-hybridized carbons (Fsp3) is 0.889. The summed E-state index contributed by atoms with van der Waals surface area (Å²) in [6, 6.07) is 0. The first kappa shape index (κ1) is 66.1. The van der Waals surface area contributed by atoms with Crippen molar-refractivity contribution in [2.75, 3.05) is 26.9 Å². The number of carbonyl (C=O) groups is 2. The molecule has 0 unspecified atom stereocenters. The monoisotopic (exact) mass is 1240 g/mol. The van der Waals surface area contributed by atoms with E-state index in [9.17, 15) is 76.4 Å². The van der Waals surface area contributed by atoms with Crippen LogP contribution in [0.15, 0.2) is 23.8 Å². The molecule has 0 aromatic carbocycles. The van der Waals surface area contributed by atoms with Crippen LogP contribution < -0.4 is 0 Å². The fourth-order valence-electron chi connectivity index (χ4n) is 16.2. The average Bonchev–Trinajstić information content (AvgIpc) is 1.61. The van der Waals surface area contributed by atoms with Crippen LogP contribution in [0.3, 0.4) is 0 Å². The molecule has 1 spiro atoms. The number of hydrogen-bond acceptors (Lipinski definition) is 26. The van der Waals surface area contributed by atoms with Crippen LogP contribution in [-0.4, -0.2) is 234 Å². The van der Waals surface area contributed by atoms with Gasteiger partial charge in [0.1, 0.15) is 96.8 Å². The van der Waals surface area contributed by atoms with Gasteiger partial charge in [0.05, 0.1) is 43.4 Å². The summed E-state index contributed by atoms with van der Waals surface area (Å²) in [4.78, 5) is 28.7. The molecule has 3 saturated carbocycles. The highest BCUT2D eigenvalue weighted by Crippen LogP contribution is 2.75. The molecule has 480 valence electrons. The van der Waals surface area contributed by atoms with E-state index in [1.807, 2.05) is 27.7 Å². The van der Waals surface area contributed by atoms with Gasteiger partial charge in [-0.3, -0.25) is 18.7 Å². The Hall–Kier alpha value is -2.32. The lowest BCUT2D eigenvalue weighted by Crippen LogP contribution is -2.67. The summed E-state index contributed by atoms with van der Waals surface area (Å²) in [7, 11) is -9.27. The Kier molecular flexibility index (Phi) is 19.0. The van der Waals surface area contributed by atoms with Crippen LogP contribution in [0.4, 0.5) is 0 Å².